The number of nitrogen functional groups attached to an aromatic ring is 1. The molecule has 4 N–H and O–H groups in total. The summed E-state index contributed by atoms with van der Waals surface area (Å²) in [4.78, 5) is 0. The normalized spacial score (nSPS) is 13.3. The molecule has 0 aliphatic rings. The van der Waals surface area contributed by atoms with Crippen LogP contribution in [0.25, 0.3) is 0 Å². The monoisotopic (exact) mass is 182 g/mol. The van der Waals surface area contributed by atoms with Crippen LogP contribution < -0.4 is 11.5 Å². The first-order valence-electron chi connectivity index (χ1n) is 4.33. The van der Waals surface area contributed by atoms with Crippen LogP contribution in [0.5, 0.6) is 0 Å². The van der Waals surface area contributed by atoms with Gasteiger partial charge in [0.05, 0.1) is 5.69 Å². The fourth-order valence-corrected chi connectivity index (χ4v) is 1.14. The number of hydrogen-bond donors (Lipinski definition) is 2. The maximum Gasteiger partial charge on any atom is 0.146 e. The van der Waals surface area contributed by atoms with Gasteiger partial charge in [0.1, 0.15) is 5.82 Å². The molecule has 0 aliphatic heterocycles. The van der Waals surface area contributed by atoms with Crippen LogP contribution >= 0.6 is 0 Å². The lowest BCUT2D eigenvalue weighted by Crippen LogP contribution is -2.16. The van der Waals surface area contributed by atoms with Gasteiger partial charge in [-0.3, -0.25) is 0 Å². The molecule has 0 heterocycles. The van der Waals surface area contributed by atoms with E-state index in [0.717, 1.165) is 5.56 Å². The molecule has 1 aromatic rings. The van der Waals surface area contributed by atoms with Crippen LogP contribution in [0.1, 0.15) is 25.5 Å². The Morgan fingerprint density at radius 3 is 2.38 bits per heavy atom. The van der Waals surface area contributed by atoms with Crippen LogP contribution in [0.15, 0.2) is 18.2 Å². The van der Waals surface area contributed by atoms with E-state index in [2.05, 4.69) is 0 Å². The summed E-state index contributed by atoms with van der Waals surface area (Å²) in [5.41, 5.74) is 12.2. The number of nitrogens with two attached hydrogens (primary N) is 2. The third-order valence-electron chi connectivity index (χ3n) is 2.13. The van der Waals surface area contributed by atoms with E-state index in [1.165, 1.54) is 6.07 Å². The number of halogens is 1. The molecule has 2 nitrogen and oxygen atoms in total. The molecule has 0 radical (unpaired) electrons. The first kappa shape index (κ1) is 9.99. The summed E-state index contributed by atoms with van der Waals surface area (Å²) < 4.78 is 13.0. The molecular formula is C10H15FN2. The molecule has 1 rings (SSSR count). The van der Waals surface area contributed by atoms with Gasteiger partial charge in [-0.2, -0.15) is 0 Å². The molecule has 1 atom stereocenters. The number of benzene rings is 1. The van der Waals surface area contributed by atoms with Crippen LogP contribution in [-0.2, 0) is 0 Å². The van der Waals surface area contributed by atoms with E-state index in [4.69, 9.17) is 11.5 Å². The lowest BCUT2D eigenvalue weighted by Gasteiger charge is -2.16. The van der Waals surface area contributed by atoms with Crippen LogP contribution in [0.2, 0.25) is 0 Å². The average Bonchev–Trinajstić information content (AvgIpc) is 2.08. The summed E-state index contributed by atoms with van der Waals surface area (Å²) in [5, 5.41) is 0. The highest BCUT2D eigenvalue weighted by Gasteiger charge is 2.11. The van der Waals surface area contributed by atoms with Crippen molar-refractivity contribution in [2.24, 2.45) is 11.7 Å². The zero-order chi connectivity index (χ0) is 10.0. The van der Waals surface area contributed by atoms with E-state index >= 15 is 0 Å². The van der Waals surface area contributed by atoms with Crippen LogP contribution in [0, 0.1) is 11.7 Å². The Balaban J connectivity index is 2.97. The van der Waals surface area contributed by atoms with Crippen molar-refractivity contribution in [2.45, 2.75) is 19.9 Å². The van der Waals surface area contributed by atoms with Crippen LogP contribution in [0.4, 0.5) is 10.1 Å². The van der Waals surface area contributed by atoms with Gasteiger partial charge < -0.3 is 11.5 Å². The number of hydrogen-bond acceptors (Lipinski definition) is 2. The second-order valence-electron chi connectivity index (χ2n) is 3.55. The van der Waals surface area contributed by atoms with Gasteiger partial charge >= 0.3 is 0 Å². The molecule has 3 heteroatoms. The predicted molar refractivity (Wildman–Crippen MR) is 52.6 cm³/mol. The van der Waals surface area contributed by atoms with Crippen molar-refractivity contribution in [3.63, 3.8) is 0 Å². The van der Waals surface area contributed by atoms with Crippen molar-refractivity contribution in [3.8, 4) is 0 Å². The summed E-state index contributed by atoms with van der Waals surface area (Å²) in [6, 6.07) is 4.59. The SMILES string of the molecule is CC(C)[C@@H](N)c1ccc(N)c(F)c1. The Morgan fingerprint density at radius 1 is 1.31 bits per heavy atom. The lowest BCUT2D eigenvalue weighted by atomic mass is 9.97. The molecule has 0 saturated carbocycles. The molecular weight excluding hydrogens is 167 g/mol. The minimum absolute atomic E-state index is 0.130. The second kappa shape index (κ2) is 3.75. The first-order valence-corrected chi connectivity index (χ1v) is 4.33. The highest BCUT2D eigenvalue weighted by atomic mass is 19.1. The number of anilines is 1. The summed E-state index contributed by atoms with van der Waals surface area (Å²) in [6.45, 7) is 4.00. The molecule has 72 valence electrons. The molecule has 0 saturated heterocycles. The van der Waals surface area contributed by atoms with Gasteiger partial charge in [0, 0.05) is 6.04 Å². The number of rotatable bonds is 2. The minimum Gasteiger partial charge on any atom is -0.396 e. The van der Waals surface area contributed by atoms with Crippen molar-refractivity contribution >= 4 is 5.69 Å². The largest absolute Gasteiger partial charge is 0.396 e. The lowest BCUT2D eigenvalue weighted by molar-refractivity contribution is 0.510. The fourth-order valence-electron chi connectivity index (χ4n) is 1.14. The summed E-state index contributed by atoms with van der Waals surface area (Å²) in [5.74, 6) is -0.100. The van der Waals surface area contributed by atoms with E-state index in [-0.39, 0.29) is 11.7 Å². The standard InChI is InChI=1S/C10H15FN2/c1-6(2)10(13)7-3-4-9(12)8(11)5-7/h3-6,10H,12-13H2,1-2H3/t10-/m1/s1. The molecule has 0 aliphatic carbocycles. The van der Waals surface area contributed by atoms with Gasteiger partial charge in [-0.1, -0.05) is 19.9 Å². The molecule has 0 spiro atoms. The molecule has 1 aromatic carbocycles. The molecule has 0 fully saturated rings. The van der Waals surface area contributed by atoms with Gasteiger partial charge in [0.2, 0.25) is 0 Å². The Morgan fingerprint density at radius 2 is 1.92 bits per heavy atom. The van der Waals surface area contributed by atoms with Gasteiger partial charge in [-0.05, 0) is 23.6 Å². The third kappa shape index (κ3) is 2.18. The summed E-state index contributed by atoms with van der Waals surface area (Å²) in [7, 11) is 0. The Hall–Kier alpha value is -1.09. The predicted octanol–water partition coefficient (Wildman–Crippen LogP) is 2.06. The molecule has 0 unspecified atom stereocenters. The van der Waals surface area contributed by atoms with Gasteiger partial charge in [-0.15, -0.1) is 0 Å². The smallest absolute Gasteiger partial charge is 0.146 e. The Labute approximate surface area is 77.7 Å². The van der Waals surface area contributed by atoms with Crippen molar-refractivity contribution in [2.75, 3.05) is 5.73 Å². The average molecular weight is 182 g/mol. The highest BCUT2D eigenvalue weighted by Crippen LogP contribution is 2.21. The minimum atomic E-state index is -0.395. The van der Waals surface area contributed by atoms with Crippen molar-refractivity contribution in [1.29, 1.82) is 0 Å². The first-order chi connectivity index (χ1) is 6.02. The van der Waals surface area contributed by atoms with Crippen LogP contribution in [0.3, 0.4) is 0 Å². The van der Waals surface area contributed by atoms with E-state index in [1.54, 1.807) is 12.1 Å². The Bertz CT molecular complexity index is 297. The van der Waals surface area contributed by atoms with E-state index in [1.807, 2.05) is 13.8 Å². The second-order valence-corrected chi connectivity index (χ2v) is 3.55. The van der Waals surface area contributed by atoms with E-state index in [0.29, 0.717) is 5.92 Å². The molecule has 0 amide bonds. The van der Waals surface area contributed by atoms with Gasteiger partial charge in [0.15, 0.2) is 0 Å². The zero-order valence-corrected chi connectivity index (χ0v) is 7.92. The topological polar surface area (TPSA) is 52.0 Å². The highest BCUT2D eigenvalue weighted by molar-refractivity contribution is 5.42. The maximum absolute atomic E-state index is 13.0. The Kier molecular flexibility index (Phi) is 2.88. The molecule has 13 heavy (non-hydrogen) atoms. The van der Waals surface area contributed by atoms with Gasteiger partial charge in [-0.25, -0.2) is 4.39 Å². The fraction of sp³-hybridized carbons (Fsp3) is 0.400. The van der Waals surface area contributed by atoms with E-state index < -0.39 is 5.82 Å². The summed E-state index contributed by atoms with van der Waals surface area (Å²) in [6.07, 6.45) is 0. The van der Waals surface area contributed by atoms with Crippen molar-refractivity contribution < 1.29 is 4.39 Å². The molecule has 0 aromatic heterocycles. The quantitative estimate of drug-likeness (QED) is 0.688. The van der Waals surface area contributed by atoms with Crippen molar-refractivity contribution in [1.82, 2.24) is 0 Å². The van der Waals surface area contributed by atoms with E-state index in [9.17, 15) is 4.39 Å². The summed E-state index contributed by atoms with van der Waals surface area (Å²) >= 11 is 0. The van der Waals surface area contributed by atoms with Crippen LogP contribution in [-0.4, -0.2) is 0 Å². The third-order valence-corrected chi connectivity index (χ3v) is 2.13. The zero-order valence-electron chi connectivity index (χ0n) is 7.92. The maximum atomic E-state index is 13.0. The van der Waals surface area contributed by atoms with Gasteiger partial charge in [0.25, 0.3) is 0 Å². The van der Waals surface area contributed by atoms with Crippen molar-refractivity contribution in [3.05, 3.63) is 29.6 Å². The molecule has 0 bridgehead atoms.